The topological polar surface area (TPSA) is 58.4 Å². The lowest BCUT2D eigenvalue weighted by atomic mass is 9.95. The van der Waals surface area contributed by atoms with Crippen LogP contribution in [0.4, 0.5) is 13.2 Å². The zero-order valence-electron chi connectivity index (χ0n) is 15.7. The van der Waals surface area contributed by atoms with E-state index in [4.69, 9.17) is 0 Å². The van der Waals surface area contributed by atoms with Crippen LogP contribution in [-0.4, -0.2) is 63.9 Å². The van der Waals surface area contributed by atoms with Crippen LogP contribution in [0, 0.1) is 5.92 Å². The quantitative estimate of drug-likeness (QED) is 0.773. The highest BCUT2D eigenvalue weighted by Gasteiger charge is 2.42. The largest absolute Gasteiger partial charge is 0.406 e. The van der Waals surface area contributed by atoms with Gasteiger partial charge in [-0.1, -0.05) is 0 Å². The normalized spacial score (nSPS) is 24.2. The number of aromatic nitrogens is 2. The fourth-order valence-electron chi connectivity index (χ4n) is 4.70. The Balaban J connectivity index is 1.32. The predicted molar refractivity (Wildman–Crippen MR) is 95.9 cm³/mol. The van der Waals surface area contributed by atoms with Crippen LogP contribution in [0.3, 0.4) is 0 Å². The standard InChI is InChI=1S/C19H25F3N4O2/c20-19(21,22)12-25-9-6-16(18(25)28)24-7-4-13(5-8-24)11-26-17(27)10-14-2-1-3-15(14)23-26/h10,13,16H,1-9,11-12H2. The number of rotatable bonds is 4. The Labute approximate surface area is 161 Å². The summed E-state index contributed by atoms with van der Waals surface area (Å²) in [4.78, 5) is 27.5. The van der Waals surface area contributed by atoms with E-state index in [1.807, 2.05) is 4.90 Å². The average Bonchev–Trinajstić information content (AvgIpc) is 3.22. The number of aryl methyl sites for hydroxylation is 2. The molecule has 154 valence electrons. The van der Waals surface area contributed by atoms with Gasteiger partial charge in [0.1, 0.15) is 6.54 Å². The van der Waals surface area contributed by atoms with Crippen molar-refractivity contribution in [1.82, 2.24) is 19.6 Å². The Morgan fingerprint density at radius 3 is 2.54 bits per heavy atom. The Morgan fingerprint density at radius 2 is 1.82 bits per heavy atom. The summed E-state index contributed by atoms with van der Waals surface area (Å²) in [6, 6.07) is 1.26. The van der Waals surface area contributed by atoms with Crippen molar-refractivity contribution >= 4 is 5.91 Å². The van der Waals surface area contributed by atoms with E-state index >= 15 is 0 Å². The molecular weight excluding hydrogens is 373 g/mol. The Bertz CT molecular complexity index is 799. The van der Waals surface area contributed by atoms with Gasteiger partial charge in [0.15, 0.2) is 0 Å². The third-order valence-electron chi connectivity index (χ3n) is 6.18. The maximum absolute atomic E-state index is 12.6. The summed E-state index contributed by atoms with van der Waals surface area (Å²) in [5, 5.41) is 4.52. The summed E-state index contributed by atoms with van der Waals surface area (Å²) in [7, 11) is 0. The van der Waals surface area contributed by atoms with Crippen LogP contribution in [-0.2, 0) is 24.2 Å². The number of alkyl halides is 3. The second kappa shape index (κ2) is 7.50. The van der Waals surface area contributed by atoms with Crippen LogP contribution < -0.4 is 5.56 Å². The first kappa shape index (κ1) is 19.4. The third-order valence-corrected chi connectivity index (χ3v) is 6.18. The van der Waals surface area contributed by atoms with Crippen LogP contribution in [0.15, 0.2) is 10.9 Å². The van der Waals surface area contributed by atoms with E-state index in [9.17, 15) is 22.8 Å². The van der Waals surface area contributed by atoms with Gasteiger partial charge in [0.25, 0.3) is 5.56 Å². The molecule has 6 nitrogen and oxygen atoms in total. The van der Waals surface area contributed by atoms with Crippen molar-refractivity contribution in [3.05, 3.63) is 27.7 Å². The predicted octanol–water partition coefficient (Wildman–Crippen LogP) is 1.61. The molecule has 4 rings (SSSR count). The zero-order chi connectivity index (χ0) is 19.9. The van der Waals surface area contributed by atoms with Crippen LogP contribution in [0.1, 0.15) is 36.9 Å². The number of piperidine rings is 1. The Morgan fingerprint density at radius 1 is 1.07 bits per heavy atom. The minimum absolute atomic E-state index is 0.0585. The average molecular weight is 398 g/mol. The molecular formula is C19H25F3N4O2. The van der Waals surface area contributed by atoms with Gasteiger partial charge in [-0.25, -0.2) is 4.68 Å². The molecule has 1 unspecified atom stereocenters. The molecule has 28 heavy (non-hydrogen) atoms. The molecule has 0 N–H and O–H groups in total. The number of carbonyl (C=O) groups is 1. The maximum Gasteiger partial charge on any atom is 0.406 e. The molecule has 0 spiro atoms. The number of hydrogen-bond donors (Lipinski definition) is 0. The summed E-state index contributed by atoms with van der Waals surface area (Å²) in [6.07, 6.45) is 0.621. The number of fused-ring (bicyclic) bond motifs is 1. The van der Waals surface area contributed by atoms with E-state index in [0.29, 0.717) is 32.0 Å². The SMILES string of the molecule is O=C1C(N2CCC(Cn3nc4c(cc3=O)CCC4)CC2)CCN1CC(F)(F)F. The first-order chi connectivity index (χ1) is 13.3. The molecule has 1 aromatic heterocycles. The molecule has 1 aliphatic carbocycles. The van der Waals surface area contributed by atoms with Crippen molar-refractivity contribution in [2.75, 3.05) is 26.2 Å². The fourth-order valence-corrected chi connectivity index (χ4v) is 4.70. The van der Waals surface area contributed by atoms with E-state index < -0.39 is 24.7 Å². The number of carbonyl (C=O) groups excluding carboxylic acids is 1. The lowest BCUT2D eigenvalue weighted by molar-refractivity contribution is -0.159. The van der Waals surface area contributed by atoms with Gasteiger partial charge >= 0.3 is 6.18 Å². The first-order valence-corrected chi connectivity index (χ1v) is 10.00. The van der Waals surface area contributed by atoms with E-state index in [2.05, 4.69) is 5.10 Å². The molecule has 0 bridgehead atoms. The summed E-state index contributed by atoms with van der Waals surface area (Å²) in [6.45, 7) is 0.906. The highest BCUT2D eigenvalue weighted by molar-refractivity contribution is 5.84. The minimum Gasteiger partial charge on any atom is -0.332 e. The van der Waals surface area contributed by atoms with Crippen molar-refractivity contribution in [3.8, 4) is 0 Å². The van der Waals surface area contributed by atoms with Crippen molar-refractivity contribution in [2.24, 2.45) is 5.92 Å². The van der Waals surface area contributed by atoms with Gasteiger partial charge in [-0.3, -0.25) is 14.5 Å². The van der Waals surface area contributed by atoms with Crippen LogP contribution in [0.5, 0.6) is 0 Å². The van der Waals surface area contributed by atoms with Crippen LogP contribution in [0.2, 0.25) is 0 Å². The van der Waals surface area contributed by atoms with Crippen LogP contribution >= 0.6 is 0 Å². The number of halogens is 3. The lowest BCUT2D eigenvalue weighted by Gasteiger charge is -2.35. The second-order valence-electron chi connectivity index (χ2n) is 8.15. The Kier molecular flexibility index (Phi) is 5.20. The van der Waals surface area contributed by atoms with E-state index in [1.54, 1.807) is 10.7 Å². The molecule has 1 amide bonds. The number of hydrogen-bond acceptors (Lipinski definition) is 4. The third kappa shape index (κ3) is 4.09. The van der Waals surface area contributed by atoms with Gasteiger partial charge < -0.3 is 4.90 Å². The highest BCUT2D eigenvalue weighted by atomic mass is 19.4. The van der Waals surface area contributed by atoms with Gasteiger partial charge in [-0.05, 0) is 63.1 Å². The molecule has 2 saturated heterocycles. The van der Waals surface area contributed by atoms with Crippen molar-refractivity contribution < 1.29 is 18.0 Å². The van der Waals surface area contributed by atoms with E-state index in [0.717, 1.165) is 48.3 Å². The second-order valence-corrected chi connectivity index (χ2v) is 8.15. The van der Waals surface area contributed by atoms with Gasteiger partial charge in [-0.15, -0.1) is 0 Å². The Hall–Kier alpha value is -1.90. The molecule has 0 saturated carbocycles. The van der Waals surface area contributed by atoms with E-state index in [-0.39, 0.29) is 12.1 Å². The first-order valence-electron chi connectivity index (χ1n) is 10.00. The van der Waals surface area contributed by atoms with Gasteiger partial charge in [-0.2, -0.15) is 18.3 Å². The van der Waals surface area contributed by atoms with Crippen LogP contribution in [0.25, 0.3) is 0 Å². The summed E-state index contributed by atoms with van der Waals surface area (Å²) < 4.78 is 39.3. The molecule has 1 aromatic rings. The number of amides is 1. The molecule has 1 atom stereocenters. The van der Waals surface area contributed by atoms with Crippen molar-refractivity contribution in [1.29, 1.82) is 0 Å². The minimum atomic E-state index is -4.35. The number of likely N-dealkylation sites (tertiary alicyclic amines) is 2. The maximum atomic E-state index is 12.6. The molecule has 2 fully saturated rings. The van der Waals surface area contributed by atoms with E-state index in [1.165, 1.54) is 0 Å². The van der Waals surface area contributed by atoms with Gasteiger partial charge in [0.2, 0.25) is 5.91 Å². The monoisotopic (exact) mass is 398 g/mol. The zero-order valence-corrected chi connectivity index (χ0v) is 15.7. The van der Waals surface area contributed by atoms with Gasteiger partial charge in [0, 0.05) is 19.2 Å². The van der Waals surface area contributed by atoms with Crippen molar-refractivity contribution in [3.63, 3.8) is 0 Å². The van der Waals surface area contributed by atoms with Crippen molar-refractivity contribution in [2.45, 2.75) is 57.3 Å². The molecule has 0 radical (unpaired) electrons. The number of nitrogens with zero attached hydrogens (tertiary/aromatic N) is 4. The summed E-state index contributed by atoms with van der Waals surface area (Å²) in [5.74, 6) is -0.115. The summed E-state index contributed by atoms with van der Waals surface area (Å²) >= 11 is 0. The molecule has 2 aliphatic heterocycles. The highest BCUT2D eigenvalue weighted by Crippen LogP contribution is 2.27. The van der Waals surface area contributed by atoms with Gasteiger partial charge in [0.05, 0.1) is 11.7 Å². The smallest absolute Gasteiger partial charge is 0.332 e. The molecule has 3 heterocycles. The molecule has 0 aromatic carbocycles. The molecule has 9 heteroatoms. The lowest BCUT2D eigenvalue weighted by Crippen LogP contribution is -2.47. The fraction of sp³-hybridized carbons (Fsp3) is 0.737. The molecule has 3 aliphatic rings. The summed E-state index contributed by atoms with van der Waals surface area (Å²) in [5.41, 5.74) is 2.04.